The topological polar surface area (TPSA) is 66.9 Å². The van der Waals surface area contributed by atoms with Crippen LogP contribution in [0.4, 0.5) is 22.9 Å². The first-order valence-electron chi connectivity index (χ1n) is 11.9. The summed E-state index contributed by atoms with van der Waals surface area (Å²) in [6.45, 7) is 4.59. The number of morpholine rings is 1. The van der Waals surface area contributed by atoms with Crippen LogP contribution in [-0.4, -0.2) is 49.9 Å². The molecule has 6 rings (SSSR count). The van der Waals surface area contributed by atoms with Gasteiger partial charge < -0.3 is 24.6 Å². The van der Waals surface area contributed by atoms with Gasteiger partial charge in [-0.1, -0.05) is 6.07 Å². The van der Waals surface area contributed by atoms with E-state index in [4.69, 9.17) is 9.47 Å². The minimum absolute atomic E-state index is 0.0519. The summed E-state index contributed by atoms with van der Waals surface area (Å²) >= 11 is 0. The number of rotatable bonds is 2. The molecular weight excluding hydrogens is 404 g/mol. The molecule has 1 amide bonds. The van der Waals surface area contributed by atoms with Gasteiger partial charge in [-0.3, -0.25) is 4.79 Å². The molecule has 4 heterocycles. The van der Waals surface area contributed by atoms with Crippen LogP contribution in [0.1, 0.15) is 31.2 Å². The Hall–Kier alpha value is -2.64. The minimum Gasteiger partial charge on any atom is -0.378 e. The lowest BCUT2D eigenvalue weighted by Gasteiger charge is -2.34. The Bertz CT molecular complexity index is 1010. The van der Waals surface area contributed by atoms with E-state index in [0.29, 0.717) is 18.6 Å². The van der Waals surface area contributed by atoms with Crippen molar-refractivity contribution in [2.45, 2.75) is 38.3 Å². The summed E-state index contributed by atoms with van der Waals surface area (Å²) in [7, 11) is 0. The molecule has 7 nitrogen and oxygen atoms in total. The number of carbonyl (C=O) groups is 1. The number of carbonyl (C=O) groups excluding carboxylic acids is 1. The number of hydrogen-bond acceptors (Lipinski definition) is 6. The average Bonchev–Trinajstić information content (AvgIpc) is 3.25. The maximum absolute atomic E-state index is 14.0. The molecule has 1 aliphatic carbocycles. The van der Waals surface area contributed by atoms with Crippen molar-refractivity contribution in [3.8, 4) is 0 Å². The maximum Gasteiger partial charge on any atom is 0.230 e. The summed E-state index contributed by atoms with van der Waals surface area (Å²) in [4.78, 5) is 22.8. The lowest BCUT2D eigenvalue weighted by atomic mass is 9.78. The fourth-order valence-electron chi connectivity index (χ4n) is 5.70. The quantitative estimate of drug-likeness (QED) is 0.777. The highest BCUT2D eigenvalue weighted by Crippen LogP contribution is 2.42. The lowest BCUT2D eigenvalue weighted by molar-refractivity contribution is -0.124. The average molecular weight is 435 g/mol. The number of pyridine rings is 1. The van der Waals surface area contributed by atoms with Crippen LogP contribution in [0.15, 0.2) is 36.5 Å². The van der Waals surface area contributed by atoms with Crippen LogP contribution >= 0.6 is 0 Å². The molecule has 32 heavy (non-hydrogen) atoms. The largest absolute Gasteiger partial charge is 0.378 e. The molecule has 3 fully saturated rings. The number of anilines is 4. The summed E-state index contributed by atoms with van der Waals surface area (Å²) in [5, 5.41) is 3.49. The zero-order chi connectivity index (χ0) is 21.5. The monoisotopic (exact) mass is 434 g/mol. The van der Waals surface area contributed by atoms with Gasteiger partial charge in [0, 0.05) is 43.1 Å². The molecule has 0 bridgehead atoms. The molecule has 0 radical (unpaired) electrons. The van der Waals surface area contributed by atoms with Crippen molar-refractivity contribution >= 4 is 28.8 Å². The molecular formula is C25H30N4O3. The summed E-state index contributed by atoms with van der Waals surface area (Å²) in [5.41, 5.74) is 4.06. The molecule has 1 aromatic heterocycles. The number of ether oxygens (including phenoxy) is 2. The van der Waals surface area contributed by atoms with Crippen LogP contribution in [0.25, 0.3) is 0 Å². The van der Waals surface area contributed by atoms with E-state index < -0.39 is 0 Å². The van der Waals surface area contributed by atoms with Gasteiger partial charge in [-0.05, 0) is 55.9 Å². The van der Waals surface area contributed by atoms with Gasteiger partial charge in [0.25, 0.3) is 0 Å². The second kappa shape index (κ2) is 8.37. The molecule has 1 N–H and O–H groups in total. The number of benzene rings is 1. The number of amides is 1. The molecule has 2 saturated heterocycles. The number of aromatic nitrogens is 1. The van der Waals surface area contributed by atoms with Gasteiger partial charge in [-0.2, -0.15) is 0 Å². The van der Waals surface area contributed by atoms with Gasteiger partial charge in [-0.25, -0.2) is 4.98 Å². The first kappa shape index (κ1) is 20.0. The first-order valence-corrected chi connectivity index (χ1v) is 11.9. The van der Waals surface area contributed by atoms with Crippen molar-refractivity contribution in [3.63, 3.8) is 0 Å². The Morgan fingerprint density at radius 1 is 1.09 bits per heavy atom. The van der Waals surface area contributed by atoms with E-state index in [-0.39, 0.29) is 11.8 Å². The number of hydrogen-bond donors (Lipinski definition) is 1. The molecule has 0 spiro atoms. The Kier molecular flexibility index (Phi) is 5.23. The van der Waals surface area contributed by atoms with E-state index >= 15 is 0 Å². The second-order valence-corrected chi connectivity index (χ2v) is 9.33. The van der Waals surface area contributed by atoms with E-state index in [1.165, 1.54) is 0 Å². The van der Waals surface area contributed by atoms with Gasteiger partial charge >= 0.3 is 0 Å². The van der Waals surface area contributed by atoms with Crippen molar-refractivity contribution in [1.29, 1.82) is 0 Å². The normalized spacial score (nSPS) is 27.1. The fourth-order valence-corrected chi connectivity index (χ4v) is 5.70. The van der Waals surface area contributed by atoms with Crippen LogP contribution in [0.2, 0.25) is 0 Å². The Balaban J connectivity index is 1.35. The van der Waals surface area contributed by atoms with Gasteiger partial charge in [0.1, 0.15) is 5.82 Å². The van der Waals surface area contributed by atoms with Crippen LogP contribution in [0.5, 0.6) is 0 Å². The zero-order valence-electron chi connectivity index (χ0n) is 18.3. The van der Waals surface area contributed by atoms with Gasteiger partial charge in [0.05, 0.1) is 37.2 Å². The third kappa shape index (κ3) is 3.63. The van der Waals surface area contributed by atoms with Gasteiger partial charge in [-0.15, -0.1) is 0 Å². The summed E-state index contributed by atoms with van der Waals surface area (Å²) in [6.07, 6.45) is 6.07. The number of nitrogens with one attached hydrogen (secondary N) is 1. The van der Waals surface area contributed by atoms with E-state index in [0.717, 1.165) is 87.0 Å². The van der Waals surface area contributed by atoms with E-state index in [1.54, 1.807) is 6.20 Å². The summed E-state index contributed by atoms with van der Waals surface area (Å²) in [6, 6.07) is 10.4. The van der Waals surface area contributed by atoms with E-state index in [1.807, 2.05) is 11.0 Å². The molecule has 4 aliphatic rings. The SMILES string of the molecule is O=C([C@H]1CC[C@H]2OCC[C@H]2C1)N1Cc2cccnc2Nc2ccc(N3CCOCC3)cc21. The summed E-state index contributed by atoms with van der Waals surface area (Å²) in [5.74, 6) is 1.64. The third-order valence-electron chi connectivity index (χ3n) is 7.47. The molecule has 3 aliphatic heterocycles. The Labute approximate surface area is 188 Å². The fraction of sp³-hybridized carbons (Fsp3) is 0.520. The predicted molar refractivity (Wildman–Crippen MR) is 123 cm³/mol. The van der Waals surface area contributed by atoms with Crippen LogP contribution in [0, 0.1) is 11.8 Å². The molecule has 0 unspecified atom stereocenters. The third-order valence-corrected chi connectivity index (χ3v) is 7.47. The lowest BCUT2D eigenvalue weighted by Crippen LogP contribution is -2.40. The van der Waals surface area contributed by atoms with Crippen molar-refractivity contribution in [2.24, 2.45) is 11.8 Å². The van der Waals surface area contributed by atoms with E-state index in [2.05, 4.69) is 39.5 Å². The highest BCUT2D eigenvalue weighted by Gasteiger charge is 2.39. The van der Waals surface area contributed by atoms with Crippen LogP contribution < -0.4 is 15.1 Å². The van der Waals surface area contributed by atoms with E-state index in [9.17, 15) is 4.79 Å². The second-order valence-electron chi connectivity index (χ2n) is 9.33. The first-order chi connectivity index (χ1) is 15.8. The van der Waals surface area contributed by atoms with Crippen LogP contribution in [0.3, 0.4) is 0 Å². The Morgan fingerprint density at radius 3 is 2.91 bits per heavy atom. The van der Waals surface area contributed by atoms with Crippen molar-refractivity contribution < 1.29 is 14.3 Å². The number of nitrogens with zero attached hydrogens (tertiary/aromatic N) is 3. The predicted octanol–water partition coefficient (Wildman–Crippen LogP) is 3.71. The highest BCUT2D eigenvalue weighted by atomic mass is 16.5. The van der Waals surface area contributed by atoms with Crippen molar-refractivity contribution in [3.05, 3.63) is 42.1 Å². The van der Waals surface area contributed by atoms with Crippen molar-refractivity contribution in [2.75, 3.05) is 48.0 Å². The molecule has 3 atom stereocenters. The highest BCUT2D eigenvalue weighted by molar-refractivity contribution is 6.00. The maximum atomic E-state index is 14.0. The molecule has 2 aromatic rings. The number of fused-ring (bicyclic) bond motifs is 3. The van der Waals surface area contributed by atoms with Gasteiger partial charge in [0.15, 0.2) is 0 Å². The zero-order valence-corrected chi connectivity index (χ0v) is 18.3. The Morgan fingerprint density at radius 2 is 2.00 bits per heavy atom. The van der Waals surface area contributed by atoms with Crippen LogP contribution in [-0.2, 0) is 20.8 Å². The molecule has 7 heteroatoms. The van der Waals surface area contributed by atoms with Gasteiger partial charge in [0.2, 0.25) is 5.91 Å². The minimum atomic E-state index is 0.0519. The van der Waals surface area contributed by atoms with Crippen molar-refractivity contribution in [1.82, 2.24) is 4.98 Å². The summed E-state index contributed by atoms with van der Waals surface area (Å²) < 4.78 is 11.4. The smallest absolute Gasteiger partial charge is 0.230 e. The molecule has 168 valence electrons. The standard InChI is InChI=1S/C25H30N4O3/c30-25(18-3-6-23-17(14-18)7-11-32-23)29-16-19-2-1-8-26-24(19)27-21-5-4-20(15-22(21)29)28-9-12-31-13-10-28/h1-2,4-5,8,15,17-18,23H,3,6-7,9-14,16H2,(H,26,27)/t17-,18-,23+/m0/s1. The molecule has 1 saturated carbocycles. The molecule has 1 aromatic carbocycles.